The number of aromatic nitrogens is 1. The molecule has 1 aliphatic heterocycles. The Labute approximate surface area is 97.8 Å². The van der Waals surface area contributed by atoms with Crippen LogP contribution in [0.5, 0.6) is 0 Å². The Morgan fingerprint density at radius 2 is 2.19 bits per heavy atom. The highest BCUT2D eigenvalue weighted by Crippen LogP contribution is 2.23. The largest absolute Gasteiger partial charge is 0.359 e. The Morgan fingerprint density at radius 3 is 2.88 bits per heavy atom. The quantitative estimate of drug-likeness (QED) is 0.783. The molecule has 0 radical (unpaired) electrons. The summed E-state index contributed by atoms with van der Waals surface area (Å²) in [5.41, 5.74) is 0. The van der Waals surface area contributed by atoms with E-state index in [1.165, 1.54) is 25.7 Å². The zero-order valence-electron chi connectivity index (χ0n) is 10.4. The van der Waals surface area contributed by atoms with E-state index in [2.05, 4.69) is 30.0 Å². The summed E-state index contributed by atoms with van der Waals surface area (Å²) in [7, 11) is 0. The van der Waals surface area contributed by atoms with Crippen LogP contribution in [0.15, 0.2) is 10.6 Å². The van der Waals surface area contributed by atoms with Gasteiger partial charge in [0.15, 0.2) is 5.82 Å². The minimum absolute atomic E-state index is 0.864. The fourth-order valence-electron chi connectivity index (χ4n) is 2.16. The number of anilines is 1. The third-order valence-electron chi connectivity index (χ3n) is 3.43. The third-order valence-corrected chi connectivity index (χ3v) is 3.43. The van der Waals surface area contributed by atoms with Gasteiger partial charge in [0.1, 0.15) is 5.76 Å². The molecule has 3 heteroatoms. The maximum absolute atomic E-state index is 5.36. The van der Waals surface area contributed by atoms with E-state index in [0.29, 0.717) is 0 Å². The van der Waals surface area contributed by atoms with Crippen LogP contribution in [0, 0.1) is 5.92 Å². The Morgan fingerprint density at radius 1 is 1.44 bits per heavy atom. The van der Waals surface area contributed by atoms with Gasteiger partial charge in [0, 0.05) is 25.6 Å². The van der Waals surface area contributed by atoms with Crippen LogP contribution < -0.4 is 4.90 Å². The molecule has 0 unspecified atom stereocenters. The predicted octanol–water partition coefficient (Wildman–Crippen LogP) is 3.25. The highest BCUT2D eigenvalue weighted by Gasteiger charge is 2.18. The highest BCUT2D eigenvalue weighted by molar-refractivity contribution is 5.38. The van der Waals surface area contributed by atoms with Gasteiger partial charge in [0.2, 0.25) is 0 Å². The second-order valence-corrected chi connectivity index (χ2v) is 4.92. The number of unbranched alkanes of at least 4 members (excludes halogenated alkanes) is 1. The lowest BCUT2D eigenvalue weighted by Gasteiger charge is -2.29. The Kier molecular flexibility index (Phi) is 3.86. The van der Waals surface area contributed by atoms with Crippen molar-refractivity contribution < 1.29 is 4.52 Å². The maximum Gasteiger partial charge on any atom is 0.172 e. The summed E-state index contributed by atoms with van der Waals surface area (Å²) >= 11 is 0. The van der Waals surface area contributed by atoms with Gasteiger partial charge < -0.3 is 9.42 Å². The average molecular weight is 222 g/mol. The van der Waals surface area contributed by atoms with E-state index in [1.807, 2.05) is 0 Å². The van der Waals surface area contributed by atoms with Crippen LogP contribution >= 0.6 is 0 Å². The highest BCUT2D eigenvalue weighted by atomic mass is 16.5. The van der Waals surface area contributed by atoms with E-state index >= 15 is 0 Å². The molecule has 0 amide bonds. The predicted molar refractivity (Wildman–Crippen MR) is 65.7 cm³/mol. The first-order valence-electron chi connectivity index (χ1n) is 6.50. The van der Waals surface area contributed by atoms with Crippen LogP contribution in [0.2, 0.25) is 0 Å². The molecule has 0 atom stereocenters. The molecule has 1 aliphatic rings. The molecule has 1 aromatic rings. The van der Waals surface area contributed by atoms with Crippen molar-refractivity contribution in [3.05, 3.63) is 11.8 Å². The first-order chi connectivity index (χ1) is 7.79. The normalized spacial score (nSPS) is 18.0. The number of hydrogen-bond donors (Lipinski definition) is 0. The van der Waals surface area contributed by atoms with Crippen LogP contribution in [-0.4, -0.2) is 18.2 Å². The minimum atomic E-state index is 0.864. The second-order valence-electron chi connectivity index (χ2n) is 4.92. The van der Waals surface area contributed by atoms with E-state index in [1.54, 1.807) is 0 Å². The molecule has 0 aliphatic carbocycles. The molecule has 0 bridgehead atoms. The van der Waals surface area contributed by atoms with Crippen LogP contribution in [-0.2, 0) is 6.42 Å². The molecule has 90 valence electrons. The van der Waals surface area contributed by atoms with Crippen molar-refractivity contribution in [3.63, 3.8) is 0 Å². The summed E-state index contributed by atoms with van der Waals surface area (Å²) in [6.45, 7) is 6.78. The molecular formula is C13H22N2O. The van der Waals surface area contributed by atoms with Gasteiger partial charge in [0.25, 0.3) is 0 Å². The first-order valence-corrected chi connectivity index (χ1v) is 6.50. The fourth-order valence-corrected chi connectivity index (χ4v) is 2.16. The lowest BCUT2D eigenvalue weighted by atomic mass is 9.99. The lowest BCUT2D eigenvalue weighted by molar-refractivity contribution is 0.374. The fraction of sp³-hybridized carbons (Fsp3) is 0.769. The van der Waals surface area contributed by atoms with Crippen molar-refractivity contribution in [1.82, 2.24) is 5.16 Å². The second kappa shape index (κ2) is 5.37. The third kappa shape index (κ3) is 2.77. The number of piperidine rings is 1. The van der Waals surface area contributed by atoms with Gasteiger partial charge in [0.05, 0.1) is 0 Å². The van der Waals surface area contributed by atoms with Gasteiger partial charge in [-0.15, -0.1) is 0 Å². The Balaban J connectivity index is 1.91. The van der Waals surface area contributed by atoms with E-state index in [9.17, 15) is 0 Å². The topological polar surface area (TPSA) is 29.3 Å². The molecular weight excluding hydrogens is 200 g/mol. The van der Waals surface area contributed by atoms with E-state index < -0.39 is 0 Å². The molecule has 0 aromatic carbocycles. The summed E-state index contributed by atoms with van der Waals surface area (Å²) in [6, 6.07) is 2.12. The van der Waals surface area contributed by atoms with Crippen LogP contribution in [0.4, 0.5) is 5.82 Å². The first kappa shape index (κ1) is 11.5. The summed E-state index contributed by atoms with van der Waals surface area (Å²) in [4.78, 5) is 2.35. The van der Waals surface area contributed by atoms with Crippen molar-refractivity contribution in [1.29, 1.82) is 0 Å². The van der Waals surface area contributed by atoms with Crippen LogP contribution in [0.25, 0.3) is 0 Å². The zero-order chi connectivity index (χ0) is 11.4. The number of rotatable bonds is 4. The van der Waals surface area contributed by atoms with Crippen molar-refractivity contribution >= 4 is 5.82 Å². The smallest absolute Gasteiger partial charge is 0.172 e. The molecule has 2 rings (SSSR count). The standard InChI is InChI=1S/C13H22N2O/c1-3-4-5-12-10-13(14-16-12)15-8-6-11(2)7-9-15/h10-11H,3-9H2,1-2H3. The van der Waals surface area contributed by atoms with Crippen LogP contribution in [0.3, 0.4) is 0 Å². The van der Waals surface area contributed by atoms with Crippen molar-refractivity contribution in [2.24, 2.45) is 5.92 Å². The molecule has 16 heavy (non-hydrogen) atoms. The number of aryl methyl sites for hydroxylation is 1. The van der Waals surface area contributed by atoms with Gasteiger partial charge in [-0.25, -0.2) is 0 Å². The molecule has 0 saturated carbocycles. The summed E-state index contributed by atoms with van der Waals surface area (Å²) in [6.07, 6.45) is 5.96. The van der Waals surface area contributed by atoms with Crippen molar-refractivity contribution in [3.8, 4) is 0 Å². The number of nitrogens with zero attached hydrogens (tertiary/aromatic N) is 2. The molecule has 2 heterocycles. The minimum Gasteiger partial charge on any atom is -0.359 e. The molecule has 0 N–H and O–H groups in total. The van der Waals surface area contributed by atoms with Gasteiger partial charge in [-0.05, 0) is 25.2 Å². The summed E-state index contributed by atoms with van der Waals surface area (Å²) in [5, 5.41) is 4.17. The molecule has 1 fully saturated rings. The maximum atomic E-state index is 5.36. The monoisotopic (exact) mass is 222 g/mol. The Hall–Kier alpha value is -0.990. The van der Waals surface area contributed by atoms with Gasteiger partial charge >= 0.3 is 0 Å². The van der Waals surface area contributed by atoms with Gasteiger partial charge in [-0.3, -0.25) is 0 Å². The lowest BCUT2D eigenvalue weighted by Crippen LogP contribution is -2.32. The molecule has 1 aromatic heterocycles. The van der Waals surface area contributed by atoms with Gasteiger partial charge in [-0.1, -0.05) is 25.4 Å². The zero-order valence-corrected chi connectivity index (χ0v) is 10.4. The van der Waals surface area contributed by atoms with Crippen LogP contribution in [0.1, 0.15) is 45.3 Å². The van der Waals surface area contributed by atoms with E-state index in [0.717, 1.165) is 37.0 Å². The molecule has 1 saturated heterocycles. The summed E-state index contributed by atoms with van der Waals surface area (Å²) in [5.74, 6) is 2.94. The number of hydrogen-bond acceptors (Lipinski definition) is 3. The SMILES string of the molecule is CCCCc1cc(N2CCC(C)CC2)no1. The summed E-state index contributed by atoms with van der Waals surface area (Å²) < 4.78 is 5.36. The average Bonchev–Trinajstić information content (AvgIpc) is 2.76. The Bertz CT molecular complexity index is 313. The molecule has 3 nitrogen and oxygen atoms in total. The molecule has 0 spiro atoms. The van der Waals surface area contributed by atoms with Crippen molar-refractivity contribution in [2.75, 3.05) is 18.0 Å². The van der Waals surface area contributed by atoms with Crippen molar-refractivity contribution in [2.45, 2.75) is 46.0 Å². The van der Waals surface area contributed by atoms with Gasteiger partial charge in [-0.2, -0.15) is 0 Å². The van der Waals surface area contributed by atoms with E-state index in [-0.39, 0.29) is 0 Å². The van der Waals surface area contributed by atoms with E-state index in [4.69, 9.17) is 4.52 Å².